The Labute approximate surface area is 218 Å². The van der Waals surface area contributed by atoms with Crippen molar-refractivity contribution >= 4 is 40.0 Å². The highest BCUT2D eigenvalue weighted by atomic mass is 35.5. The molecule has 3 aromatic rings. The van der Waals surface area contributed by atoms with E-state index in [2.05, 4.69) is 10.6 Å². The summed E-state index contributed by atoms with van der Waals surface area (Å²) in [7, 11) is 2.87. The molecule has 1 aliphatic rings. The Balaban J connectivity index is 1.70. The maximum atomic E-state index is 13.5. The SMILES string of the molecule is COc1cc2c(=O)n(CCC(=O)NC3CCCC3)c(=O)n(CC(=O)Nc3cccc(Cl)c3)c2cc1OC. The third kappa shape index (κ3) is 5.96. The van der Waals surface area contributed by atoms with Crippen molar-refractivity contribution in [1.29, 1.82) is 0 Å². The Bertz CT molecular complexity index is 1440. The molecule has 0 atom stereocenters. The Kier molecular flexibility index (Phi) is 8.17. The summed E-state index contributed by atoms with van der Waals surface area (Å²) in [4.78, 5) is 52.2. The lowest BCUT2D eigenvalue weighted by atomic mass is 10.2. The van der Waals surface area contributed by atoms with Gasteiger partial charge in [0, 0.05) is 35.8 Å². The molecule has 0 aliphatic heterocycles. The maximum absolute atomic E-state index is 13.5. The van der Waals surface area contributed by atoms with Crippen molar-refractivity contribution in [2.75, 3.05) is 19.5 Å². The number of hydrogen-bond donors (Lipinski definition) is 2. The van der Waals surface area contributed by atoms with Crippen LogP contribution >= 0.6 is 11.6 Å². The van der Waals surface area contributed by atoms with Gasteiger partial charge in [0.05, 0.1) is 25.1 Å². The molecule has 0 spiro atoms. The van der Waals surface area contributed by atoms with E-state index < -0.39 is 17.2 Å². The Morgan fingerprint density at radius 3 is 2.38 bits per heavy atom. The summed E-state index contributed by atoms with van der Waals surface area (Å²) in [6.45, 7) is -0.512. The molecule has 2 N–H and O–H groups in total. The van der Waals surface area contributed by atoms with Crippen LogP contribution in [0.15, 0.2) is 46.0 Å². The molecule has 0 radical (unpaired) electrons. The molecule has 0 saturated heterocycles. The lowest BCUT2D eigenvalue weighted by molar-refractivity contribution is -0.122. The molecule has 1 fully saturated rings. The third-order valence-corrected chi connectivity index (χ3v) is 6.66. The highest BCUT2D eigenvalue weighted by Gasteiger charge is 2.21. The van der Waals surface area contributed by atoms with Crippen LogP contribution in [0.4, 0.5) is 5.69 Å². The van der Waals surface area contributed by atoms with Crippen LogP contribution in [0.2, 0.25) is 5.02 Å². The van der Waals surface area contributed by atoms with E-state index in [1.165, 1.54) is 30.9 Å². The van der Waals surface area contributed by atoms with E-state index in [0.717, 1.165) is 30.3 Å². The average molecular weight is 529 g/mol. The highest BCUT2D eigenvalue weighted by molar-refractivity contribution is 6.30. The molecule has 1 aliphatic carbocycles. The van der Waals surface area contributed by atoms with E-state index in [1.807, 2.05) is 0 Å². The molecule has 4 rings (SSSR count). The minimum absolute atomic E-state index is 0.0425. The van der Waals surface area contributed by atoms with Gasteiger partial charge in [0.2, 0.25) is 11.8 Å². The van der Waals surface area contributed by atoms with Gasteiger partial charge in [-0.05, 0) is 37.1 Å². The van der Waals surface area contributed by atoms with E-state index in [1.54, 1.807) is 24.3 Å². The number of benzene rings is 2. The van der Waals surface area contributed by atoms with Gasteiger partial charge in [-0.1, -0.05) is 30.5 Å². The fourth-order valence-electron chi connectivity index (χ4n) is 4.59. The molecule has 196 valence electrons. The van der Waals surface area contributed by atoms with Crippen molar-refractivity contribution in [2.45, 2.75) is 51.2 Å². The monoisotopic (exact) mass is 528 g/mol. The fraction of sp³-hybridized carbons (Fsp3) is 0.385. The molecule has 2 aromatic carbocycles. The zero-order valence-electron chi connectivity index (χ0n) is 20.7. The quantitative estimate of drug-likeness (QED) is 0.440. The minimum Gasteiger partial charge on any atom is -0.493 e. The van der Waals surface area contributed by atoms with Gasteiger partial charge in [-0.15, -0.1) is 0 Å². The second kappa shape index (κ2) is 11.5. The lowest BCUT2D eigenvalue weighted by Gasteiger charge is -2.17. The average Bonchev–Trinajstić information content (AvgIpc) is 3.38. The molecule has 0 unspecified atom stereocenters. The summed E-state index contributed by atoms with van der Waals surface area (Å²) in [5.41, 5.74) is -0.618. The number of carbonyl (C=O) groups excluding carboxylic acids is 2. The van der Waals surface area contributed by atoms with Gasteiger partial charge >= 0.3 is 5.69 Å². The van der Waals surface area contributed by atoms with Crippen LogP contribution in [0.25, 0.3) is 10.9 Å². The number of amides is 2. The van der Waals surface area contributed by atoms with E-state index in [0.29, 0.717) is 22.2 Å². The normalized spacial score (nSPS) is 13.5. The number of rotatable bonds is 9. The number of nitrogens with zero attached hydrogens (tertiary/aromatic N) is 2. The lowest BCUT2D eigenvalue weighted by Crippen LogP contribution is -2.43. The zero-order valence-corrected chi connectivity index (χ0v) is 21.5. The largest absolute Gasteiger partial charge is 0.493 e. The number of halogens is 1. The molecule has 37 heavy (non-hydrogen) atoms. The van der Waals surface area contributed by atoms with Gasteiger partial charge in [0.15, 0.2) is 11.5 Å². The number of hydrogen-bond acceptors (Lipinski definition) is 6. The van der Waals surface area contributed by atoms with E-state index in [-0.39, 0.29) is 42.4 Å². The smallest absolute Gasteiger partial charge is 0.331 e. The van der Waals surface area contributed by atoms with Crippen LogP contribution in [-0.2, 0) is 22.7 Å². The number of carbonyl (C=O) groups is 2. The number of anilines is 1. The summed E-state index contributed by atoms with van der Waals surface area (Å²) in [6.07, 6.45) is 3.96. The number of fused-ring (bicyclic) bond motifs is 1. The summed E-state index contributed by atoms with van der Waals surface area (Å²) in [6, 6.07) is 9.70. The van der Waals surface area contributed by atoms with Gasteiger partial charge in [-0.2, -0.15) is 0 Å². The minimum atomic E-state index is -0.709. The topological polar surface area (TPSA) is 121 Å². The first-order valence-electron chi connectivity index (χ1n) is 12.0. The van der Waals surface area contributed by atoms with Crippen molar-refractivity contribution in [3.63, 3.8) is 0 Å². The summed E-state index contributed by atoms with van der Waals surface area (Å²) < 4.78 is 12.9. The van der Waals surface area contributed by atoms with E-state index in [9.17, 15) is 19.2 Å². The first-order valence-corrected chi connectivity index (χ1v) is 12.4. The van der Waals surface area contributed by atoms with Crippen molar-refractivity contribution in [3.05, 3.63) is 62.3 Å². The van der Waals surface area contributed by atoms with E-state index in [4.69, 9.17) is 21.1 Å². The summed E-state index contributed by atoms with van der Waals surface area (Å²) in [5, 5.41) is 6.27. The van der Waals surface area contributed by atoms with Crippen LogP contribution in [0, 0.1) is 0 Å². The van der Waals surface area contributed by atoms with Crippen LogP contribution in [-0.4, -0.2) is 41.2 Å². The Morgan fingerprint density at radius 2 is 1.70 bits per heavy atom. The molecule has 10 nitrogen and oxygen atoms in total. The van der Waals surface area contributed by atoms with Gasteiger partial charge in [-0.3, -0.25) is 23.5 Å². The van der Waals surface area contributed by atoms with Crippen molar-refractivity contribution in [2.24, 2.45) is 0 Å². The summed E-state index contributed by atoms with van der Waals surface area (Å²) >= 11 is 6.00. The molecule has 1 saturated carbocycles. The van der Waals surface area contributed by atoms with Gasteiger partial charge in [-0.25, -0.2) is 4.79 Å². The predicted octanol–water partition coefficient (Wildman–Crippen LogP) is 2.92. The number of ether oxygens (including phenoxy) is 2. The Hall–Kier alpha value is -3.79. The van der Waals surface area contributed by atoms with Crippen molar-refractivity contribution < 1.29 is 19.1 Å². The third-order valence-electron chi connectivity index (χ3n) is 6.42. The first kappa shape index (κ1) is 26.3. The fourth-order valence-corrected chi connectivity index (χ4v) is 4.78. The van der Waals surface area contributed by atoms with Gasteiger partial charge in [0.1, 0.15) is 6.54 Å². The second-order valence-corrected chi connectivity index (χ2v) is 9.34. The number of methoxy groups -OCH3 is 2. The molecule has 0 bridgehead atoms. The second-order valence-electron chi connectivity index (χ2n) is 8.91. The first-order chi connectivity index (χ1) is 17.8. The molecule has 2 amide bonds. The molecule has 11 heteroatoms. The van der Waals surface area contributed by atoms with Crippen molar-refractivity contribution in [3.8, 4) is 11.5 Å². The zero-order chi connectivity index (χ0) is 26.5. The van der Waals surface area contributed by atoms with Crippen LogP contribution in [0.3, 0.4) is 0 Å². The van der Waals surface area contributed by atoms with E-state index >= 15 is 0 Å². The molecular formula is C26H29ClN4O6. The predicted molar refractivity (Wildman–Crippen MR) is 141 cm³/mol. The Morgan fingerprint density at radius 1 is 1.00 bits per heavy atom. The molecule has 1 aromatic heterocycles. The maximum Gasteiger partial charge on any atom is 0.331 e. The van der Waals surface area contributed by atoms with Crippen LogP contribution < -0.4 is 31.4 Å². The highest BCUT2D eigenvalue weighted by Crippen LogP contribution is 2.30. The van der Waals surface area contributed by atoms with Gasteiger partial charge < -0.3 is 20.1 Å². The number of aromatic nitrogens is 2. The molecule has 1 heterocycles. The number of nitrogens with one attached hydrogen (secondary N) is 2. The standard InChI is InChI=1S/C26H29ClN4O6/c1-36-21-13-19-20(14-22(21)37-2)31(15-24(33)29-18-9-5-6-16(27)12-18)26(35)30(25(19)34)11-10-23(32)28-17-7-3-4-8-17/h5-6,9,12-14,17H,3-4,7-8,10-11,15H2,1-2H3,(H,28,32)(H,29,33). The van der Waals surface area contributed by atoms with Crippen LogP contribution in [0.1, 0.15) is 32.1 Å². The molecular weight excluding hydrogens is 500 g/mol. The van der Waals surface area contributed by atoms with Crippen LogP contribution in [0.5, 0.6) is 11.5 Å². The summed E-state index contributed by atoms with van der Waals surface area (Å²) in [5.74, 6) is -0.127. The van der Waals surface area contributed by atoms with Crippen molar-refractivity contribution in [1.82, 2.24) is 14.5 Å². The van der Waals surface area contributed by atoms with Gasteiger partial charge in [0.25, 0.3) is 5.56 Å².